The average Bonchev–Trinajstić information content (AvgIpc) is 2.79. The van der Waals surface area contributed by atoms with Crippen LogP contribution < -0.4 is 0 Å². The highest BCUT2D eigenvalue weighted by atomic mass is 28.4. The van der Waals surface area contributed by atoms with Crippen LogP contribution in [0.25, 0.3) is 0 Å². The molecule has 0 aromatic rings. The Morgan fingerprint density at radius 2 is 1.21 bits per heavy atom. The second-order valence-corrected chi connectivity index (χ2v) is 25.0. The zero-order valence-electron chi connectivity index (χ0n) is 26.9. The van der Waals surface area contributed by atoms with Crippen LogP contribution >= 0.6 is 0 Å². The number of esters is 1. The van der Waals surface area contributed by atoms with Crippen LogP contribution in [-0.2, 0) is 23.2 Å². The molecule has 0 bridgehead atoms. The molecule has 2 aliphatic carbocycles. The van der Waals surface area contributed by atoms with E-state index in [1.165, 1.54) is 7.11 Å². The number of methoxy groups -OCH3 is 1. The standard InChI is InChI=1S/C16H30O4Si.C14H28O2Si/c1-15(2,3)21(6,7)20-11-16(4)9-8-13(17)12(10-16)14(18)19-5;1-13(2,3)17(5,6)16-11-14(4)9-7-12(15)8-10-14/h17H,8-11H2,1-7H3;7-11H2,1-6H3. The Morgan fingerprint density at radius 1 is 0.816 bits per heavy atom. The molecule has 0 amide bonds. The summed E-state index contributed by atoms with van der Waals surface area (Å²) in [7, 11) is -2.10. The van der Waals surface area contributed by atoms with Gasteiger partial charge < -0.3 is 18.7 Å². The molecule has 1 saturated carbocycles. The van der Waals surface area contributed by atoms with E-state index in [2.05, 4.69) is 81.6 Å². The summed E-state index contributed by atoms with van der Waals surface area (Å²) in [6.07, 6.45) is 5.35. The Hall–Kier alpha value is -0.966. The summed E-state index contributed by atoms with van der Waals surface area (Å²) in [5.74, 6) is 0.173. The lowest BCUT2D eigenvalue weighted by Crippen LogP contribution is -2.44. The number of carbonyl (C=O) groups is 2. The summed E-state index contributed by atoms with van der Waals surface area (Å²) in [5.41, 5.74) is 0.513. The van der Waals surface area contributed by atoms with E-state index in [0.717, 1.165) is 38.7 Å². The highest BCUT2D eigenvalue weighted by Crippen LogP contribution is 2.43. The van der Waals surface area contributed by atoms with Crippen LogP contribution in [0.3, 0.4) is 0 Å². The maximum Gasteiger partial charge on any atom is 0.337 e. The van der Waals surface area contributed by atoms with Crippen molar-refractivity contribution >= 4 is 28.4 Å². The molecular formula is C30H58O6Si2. The van der Waals surface area contributed by atoms with Crippen LogP contribution in [-0.4, -0.2) is 53.8 Å². The fourth-order valence-corrected chi connectivity index (χ4v) is 6.33. The molecule has 8 heteroatoms. The number of ether oxygens (including phenoxy) is 1. The van der Waals surface area contributed by atoms with E-state index in [1.807, 2.05) is 0 Å². The molecule has 6 nitrogen and oxygen atoms in total. The molecule has 2 aliphatic rings. The first-order valence-corrected chi connectivity index (χ1v) is 20.1. The van der Waals surface area contributed by atoms with E-state index in [4.69, 9.17) is 13.6 Å². The first-order valence-electron chi connectivity index (χ1n) is 14.3. The third kappa shape index (κ3) is 9.90. The molecule has 0 aliphatic heterocycles. The number of ketones is 1. The molecular weight excluding hydrogens is 512 g/mol. The third-order valence-corrected chi connectivity index (χ3v) is 18.5. The SMILES string of the molecule is CC1(CO[Si](C)(C)C(C)(C)C)CCC(=O)CC1.COC(=O)C1=C(O)CCC(C)(CO[Si](C)(C)C(C)(C)C)C1. The van der Waals surface area contributed by atoms with Gasteiger partial charge in [-0.05, 0) is 72.8 Å². The Kier molecular flexibility index (Phi) is 11.7. The molecule has 38 heavy (non-hydrogen) atoms. The predicted octanol–water partition coefficient (Wildman–Crippen LogP) is 8.34. The van der Waals surface area contributed by atoms with E-state index < -0.39 is 22.6 Å². The molecule has 0 heterocycles. The first kappa shape index (κ1) is 35.1. The summed E-state index contributed by atoms with van der Waals surface area (Å²) in [6, 6.07) is 0. The molecule has 0 radical (unpaired) electrons. The fraction of sp³-hybridized carbons (Fsp3) is 0.867. The van der Waals surface area contributed by atoms with Crippen molar-refractivity contribution in [1.82, 2.24) is 0 Å². The lowest BCUT2D eigenvalue weighted by atomic mass is 9.75. The number of hydrogen-bond acceptors (Lipinski definition) is 6. The second kappa shape index (κ2) is 12.7. The summed E-state index contributed by atoms with van der Waals surface area (Å²) in [6.45, 7) is 28.4. The Morgan fingerprint density at radius 3 is 1.61 bits per heavy atom. The molecule has 0 aromatic heterocycles. The number of rotatable bonds is 7. The maximum atomic E-state index is 11.8. The maximum absolute atomic E-state index is 11.8. The van der Waals surface area contributed by atoms with E-state index in [9.17, 15) is 14.7 Å². The van der Waals surface area contributed by atoms with Crippen LogP contribution in [0.1, 0.15) is 100 Å². The molecule has 0 saturated heterocycles. The van der Waals surface area contributed by atoms with Crippen LogP contribution in [0.5, 0.6) is 0 Å². The van der Waals surface area contributed by atoms with Crippen molar-refractivity contribution in [2.24, 2.45) is 10.8 Å². The molecule has 1 fully saturated rings. The summed E-state index contributed by atoms with van der Waals surface area (Å²) in [5, 5.41) is 10.3. The number of allylic oxidation sites excluding steroid dienone is 1. The second-order valence-electron chi connectivity index (χ2n) is 15.4. The Labute approximate surface area is 235 Å². The third-order valence-electron chi connectivity index (χ3n) is 9.54. The number of hydrogen-bond donors (Lipinski definition) is 1. The summed E-state index contributed by atoms with van der Waals surface area (Å²) >= 11 is 0. The molecule has 0 aromatic carbocycles. The van der Waals surface area contributed by atoms with Gasteiger partial charge in [0.25, 0.3) is 0 Å². The minimum Gasteiger partial charge on any atom is -0.512 e. The van der Waals surface area contributed by atoms with Gasteiger partial charge in [0.1, 0.15) is 11.5 Å². The molecule has 1 unspecified atom stereocenters. The predicted molar refractivity (Wildman–Crippen MR) is 162 cm³/mol. The van der Waals surface area contributed by atoms with Gasteiger partial charge in [0, 0.05) is 32.5 Å². The van der Waals surface area contributed by atoms with Crippen molar-refractivity contribution < 1.29 is 28.3 Å². The quantitative estimate of drug-likeness (QED) is 0.245. The van der Waals surface area contributed by atoms with E-state index in [-0.39, 0.29) is 26.7 Å². The van der Waals surface area contributed by atoms with Crippen molar-refractivity contribution in [3.05, 3.63) is 11.3 Å². The van der Waals surface area contributed by atoms with E-state index in [1.54, 1.807) is 0 Å². The van der Waals surface area contributed by atoms with Crippen LogP contribution in [0.4, 0.5) is 0 Å². The van der Waals surface area contributed by atoms with Crippen molar-refractivity contribution in [2.75, 3.05) is 20.3 Å². The Bertz CT molecular complexity index is 853. The fourth-order valence-electron chi connectivity index (χ4n) is 4.04. The van der Waals surface area contributed by atoms with Gasteiger partial charge in [-0.25, -0.2) is 4.79 Å². The van der Waals surface area contributed by atoms with Crippen LogP contribution in [0.15, 0.2) is 11.3 Å². The van der Waals surface area contributed by atoms with Crippen LogP contribution in [0, 0.1) is 10.8 Å². The van der Waals surface area contributed by atoms with Crippen molar-refractivity contribution in [1.29, 1.82) is 0 Å². The number of carbonyl (C=O) groups excluding carboxylic acids is 2. The smallest absolute Gasteiger partial charge is 0.337 e. The average molecular weight is 571 g/mol. The van der Waals surface area contributed by atoms with Gasteiger partial charge in [-0.3, -0.25) is 4.79 Å². The molecule has 1 atom stereocenters. The number of Topliss-reactive ketones (excluding diaryl/α,β-unsaturated/α-hetero) is 1. The number of aliphatic hydroxyl groups is 1. The summed E-state index contributed by atoms with van der Waals surface area (Å²) in [4.78, 5) is 23.0. The number of aliphatic hydroxyl groups excluding tert-OH is 1. The molecule has 0 spiro atoms. The van der Waals surface area contributed by atoms with Gasteiger partial charge >= 0.3 is 5.97 Å². The molecule has 222 valence electrons. The minimum atomic E-state index is -1.81. The largest absolute Gasteiger partial charge is 0.512 e. The highest BCUT2D eigenvalue weighted by molar-refractivity contribution is 6.74. The lowest BCUT2D eigenvalue weighted by Gasteiger charge is -2.41. The molecule has 2 rings (SSSR count). The Balaban J connectivity index is 0.000000389. The van der Waals surface area contributed by atoms with E-state index >= 15 is 0 Å². The van der Waals surface area contributed by atoms with Gasteiger partial charge in [-0.1, -0.05) is 55.4 Å². The van der Waals surface area contributed by atoms with Gasteiger partial charge in [0.15, 0.2) is 16.6 Å². The van der Waals surface area contributed by atoms with Crippen molar-refractivity contribution in [2.45, 2.75) is 137 Å². The van der Waals surface area contributed by atoms with Crippen molar-refractivity contribution in [3.8, 4) is 0 Å². The van der Waals surface area contributed by atoms with Gasteiger partial charge in [-0.2, -0.15) is 0 Å². The highest BCUT2D eigenvalue weighted by Gasteiger charge is 2.42. The summed E-state index contributed by atoms with van der Waals surface area (Å²) < 4.78 is 17.4. The van der Waals surface area contributed by atoms with Crippen molar-refractivity contribution in [3.63, 3.8) is 0 Å². The normalized spacial score (nSPS) is 23.0. The van der Waals surface area contributed by atoms with Gasteiger partial charge in [0.2, 0.25) is 0 Å². The zero-order valence-corrected chi connectivity index (χ0v) is 28.9. The monoisotopic (exact) mass is 570 g/mol. The lowest BCUT2D eigenvalue weighted by molar-refractivity contribution is -0.137. The van der Waals surface area contributed by atoms with Gasteiger partial charge in [0.05, 0.1) is 12.7 Å². The zero-order chi connectivity index (χ0) is 29.8. The molecule has 1 N–H and O–H groups in total. The minimum absolute atomic E-state index is 0.120. The van der Waals surface area contributed by atoms with Crippen LogP contribution in [0.2, 0.25) is 36.3 Å². The first-order chi connectivity index (χ1) is 17.0. The van der Waals surface area contributed by atoms with E-state index in [0.29, 0.717) is 30.8 Å². The van der Waals surface area contributed by atoms with Gasteiger partial charge in [-0.15, -0.1) is 0 Å². The topological polar surface area (TPSA) is 82.1 Å².